The van der Waals surface area contributed by atoms with Crippen molar-refractivity contribution in [1.82, 2.24) is 4.90 Å². The van der Waals surface area contributed by atoms with Crippen LogP contribution in [0.5, 0.6) is 0 Å². The lowest BCUT2D eigenvalue weighted by molar-refractivity contribution is 0.133. The third-order valence-corrected chi connectivity index (χ3v) is 3.87. The zero-order valence-electron chi connectivity index (χ0n) is 9.79. The van der Waals surface area contributed by atoms with Crippen molar-refractivity contribution in [1.29, 1.82) is 0 Å². The first-order chi connectivity index (χ1) is 6.51. The Balaban J connectivity index is 0.00000112. The van der Waals surface area contributed by atoms with E-state index in [4.69, 9.17) is 5.73 Å². The SMILES string of the molecule is CN1CCC2CC=C(N)C=C2C1(C)C.Cl. The standard InChI is InChI=1S/C12H20N2.ClH/c1-12(2)11-8-10(13)5-4-9(11)6-7-14(12)3;/h5,8-9H,4,6-7,13H2,1-3H3;1H. The van der Waals surface area contributed by atoms with E-state index >= 15 is 0 Å². The molecular formula is C12H21ClN2. The average Bonchev–Trinajstić information content (AvgIpc) is 2.13. The third kappa shape index (κ3) is 2.06. The van der Waals surface area contributed by atoms with Gasteiger partial charge in [0, 0.05) is 11.2 Å². The molecule has 2 nitrogen and oxygen atoms in total. The van der Waals surface area contributed by atoms with Crippen LogP contribution < -0.4 is 5.73 Å². The van der Waals surface area contributed by atoms with Crippen molar-refractivity contribution in [3.05, 3.63) is 23.4 Å². The van der Waals surface area contributed by atoms with E-state index in [-0.39, 0.29) is 17.9 Å². The van der Waals surface area contributed by atoms with E-state index in [1.54, 1.807) is 0 Å². The molecule has 0 radical (unpaired) electrons. The molecule has 0 bridgehead atoms. The van der Waals surface area contributed by atoms with E-state index in [9.17, 15) is 0 Å². The normalized spacial score (nSPS) is 29.7. The molecule has 0 aromatic carbocycles. The molecule has 1 unspecified atom stereocenters. The second-order valence-electron chi connectivity index (χ2n) is 5.01. The maximum absolute atomic E-state index is 5.87. The Bertz CT molecular complexity index is 305. The van der Waals surface area contributed by atoms with Crippen LogP contribution in [0.4, 0.5) is 0 Å². The van der Waals surface area contributed by atoms with Gasteiger partial charge in [-0.25, -0.2) is 0 Å². The van der Waals surface area contributed by atoms with Gasteiger partial charge in [-0.1, -0.05) is 6.08 Å². The number of rotatable bonds is 0. The monoisotopic (exact) mass is 228 g/mol. The molecule has 1 heterocycles. The van der Waals surface area contributed by atoms with Crippen molar-refractivity contribution >= 4 is 12.4 Å². The fourth-order valence-electron chi connectivity index (χ4n) is 2.56. The summed E-state index contributed by atoms with van der Waals surface area (Å²) in [5.74, 6) is 0.730. The van der Waals surface area contributed by atoms with E-state index in [0.717, 1.165) is 18.0 Å². The van der Waals surface area contributed by atoms with Crippen LogP contribution in [0.1, 0.15) is 26.7 Å². The Morgan fingerprint density at radius 1 is 1.47 bits per heavy atom. The Morgan fingerprint density at radius 2 is 2.13 bits per heavy atom. The summed E-state index contributed by atoms with van der Waals surface area (Å²) in [6, 6.07) is 0. The van der Waals surface area contributed by atoms with Crippen LogP contribution in [0.2, 0.25) is 0 Å². The molecule has 1 aliphatic heterocycles. The number of fused-ring (bicyclic) bond motifs is 1. The Hall–Kier alpha value is -0.470. The van der Waals surface area contributed by atoms with Crippen LogP contribution in [0, 0.1) is 5.92 Å². The fourth-order valence-corrected chi connectivity index (χ4v) is 2.56. The summed E-state index contributed by atoms with van der Waals surface area (Å²) < 4.78 is 0. The minimum absolute atomic E-state index is 0. The number of nitrogens with two attached hydrogens (primary N) is 1. The maximum atomic E-state index is 5.87. The quantitative estimate of drug-likeness (QED) is 0.690. The number of allylic oxidation sites excluding steroid dienone is 2. The van der Waals surface area contributed by atoms with E-state index in [1.807, 2.05) is 0 Å². The van der Waals surface area contributed by atoms with Gasteiger partial charge in [-0.2, -0.15) is 0 Å². The Kier molecular flexibility index (Phi) is 3.51. The number of nitrogens with zero attached hydrogens (tertiary/aromatic N) is 1. The Morgan fingerprint density at radius 3 is 2.80 bits per heavy atom. The topological polar surface area (TPSA) is 29.3 Å². The van der Waals surface area contributed by atoms with Gasteiger partial charge in [-0.3, -0.25) is 4.90 Å². The molecule has 86 valence electrons. The van der Waals surface area contributed by atoms with Crippen molar-refractivity contribution in [3.63, 3.8) is 0 Å². The van der Waals surface area contributed by atoms with Gasteiger partial charge >= 0.3 is 0 Å². The molecule has 1 saturated heterocycles. The lowest BCUT2D eigenvalue weighted by atomic mass is 9.74. The van der Waals surface area contributed by atoms with Crippen molar-refractivity contribution in [2.24, 2.45) is 11.7 Å². The van der Waals surface area contributed by atoms with Crippen molar-refractivity contribution in [3.8, 4) is 0 Å². The smallest absolute Gasteiger partial charge is 0.0367 e. The van der Waals surface area contributed by atoms with Crippen molar-refractivity contribution < 1.29 is 0 Å². The largest absolute Gasteiger partial charge is 0.399 e. The van der Waals surface area contributed by atoms with Gasteiger partial charge in [0.15, 0.2) is 0 Å². The van der Waals surface area contributed by atoms with Crippen molar-refractivity contribution in [2.75, 3.05) is 13.6 Å². The number of halogens is 1. The third-order valence-electron chi connectivity index (χ3n) is 3.87. The lowest BCUT2D eigenvalue weighted by Gasteiger charge is -2.47. The Labute approximate surface area is 98.6 Å². The second-order valence-corrected chi connectivity index (χ2v) is 5.01. The minimum Gasteiger partial charge on any atom is -0.399 e. The molecule has 0 saturated carbocycles. The van der Waals surface area contributed by atoms with Gasteiger partial charge in [0.2, 0.25) is 0 Å². The molecule has 2 aliphatic rings. The van der Waals surface area contributed by atoms with E-state index < -0.39 is 0 Å². The highest BCUT2D eigenvalue weighted by atomic mass is 35.5. The first-order valence-corrected chi connectivity index (χ1v) is 5.41. The molecule has 0 aromatic rings. The summed E-state index contributed by atoms with van der Waals surface area (Å²) in [6.07, 6.45) is 6.75. The number of hydrogen-bond donors (Lipinski definition) is 1. The van der Waals surface area contributed by atoms with Crippen LogP contribution in [-0.4, -0.2) is 24.0 Å². The first kappa shape index (κ1) is 12.6. The zero-order chi connectivity index (χ0) is 10.3. The van der Waals surface area contributed by atoms with Crippen molar-refractivity contribution in [2.45, 2.75) is 32.2 Å². The second kappa shape index (κ2) is 4.18. The highest BCUT2D eigenvalue weighted by Crippen LogP contribution is 2.39. The summed E-state index contributed by atoms with van der Waals surface area (Å²) >= 11 is 0. The number of likely N-dealkylation sites (N-methyl/N-ethyl adjacent to an activating group) is 1. The predicted octanol–water partition coefficient (Wildman–Crippen LogP) is 2.31. The van der Waals surface area contributed by atoms with Gasteiger partial charge in [0.1, 0.15) is 0 Å². The maximum Gasteiger partial charge on any atom is 0.0367 e. The van der Waals surface area contributed by atoms with Crippen LogP contribution in [0.3, 0.4) is 0 Å². The summed E-state index contributed by atoms with van der Waals surface area (Å²) in [5.41, 5.74) is 8.52. The van der Waals surface area contributed by atoms with Gasteiger partial charge in [0.05, 0.1) is 0 Å². The molecule has 3 heteroatoms. The van der Waals surface area contributed by atoms with E-state index in [0.29, 0.717) is 0 Å². The van der Waals surface area contributed by atoms with Crippen LogP contribution >= 0.6 is 12.4 Å². The first-order valence-electron chi connectivity index (χ1n) is 5.41. The number of hydrogen-bond acceptors (Lipinski definition) is 2. The molecule has 2 rings (SSSR count). The lowest BCUT2D eigenvalue weighted by Crippen LogP contribution is -2.50. The minimum atomic E-state index is 0. The summed E-state index contributed by atoms with van der Waals surface area (Å²) in [6.45, 7) is 5.79. The van der Waals surface area contributed by atoms with Crippen LogP contribution in [0.25, 0.3) is 0 Å². The summed E-state index contributed by atoms with van der Waals surface area (Å²) in [4.78, 5) is 2.42. The van der Waals surface area contributed by atoms with Crippen LogP contribution in [0.15, 0.2) is 23.4 Å². The highest BCUT2D eigenvalue weighted by Gasteiger charge is 2.37. The molecular weight excluding hydrogens is 208 g/mol. The summed E-state index contributed by atoms with van der Waals surface area (Å²) in [5, 5.41) is 0. The molecule has 1 fully saturated rings. The molecule has 2 N–H and O–H groups in total. The average molecular weight is 229 g/mol. The van der Waals surface area contributed by atoms with Gasteiger partial charge in [-0.05, 0) is 57.8 Å². The van der Waals surface area contributed by atoms with Gasteiger partial charge < -0.3 is 5.73 Å². The summed E-state index contributed by atoms with van der Waals surface area (Å²) in [7, 11) is 2.20. The highest BCUT2D eigenvalue weighted by molar-refractivity contribution is 5.85. The fraction of sp³-hybridized carbons (Fsp3) is 0.667. The van der Waals surface area contributed by atoms with Crippen LogP contribution in [-0.2, 0) is 0 Å². The van der Waals surface area contributed by atoms with Gasteiger partial charge in [0.25, 0.3) is 0 Å². The molecule has 15 heavy (non-hydrogen) atoms. The molecule has 1 atom stereocenters. The number of piperidine rings is 1. The van der Waals surface area contributed by atoms with E-state index in [2.05, 4.69) is 37.9 Å². The number of likely N-dealkylation sites (tertiary alicyclic amines) is 1. The molecule has 1 aliphatic carbocycles. The molecule has 0 spiro atoms. The van der Waals surface area contributed by atoms with Gasteiger partial charge in [-0.15, -0.1) is 12.4 Å². The van der Waals surface area contributed by atoms with E-state index in [1.165, 1.54) is 18.5 Å². The predicted molar refractivity (Wildman–Crippen MR) is 67.0 cm³/mol. The molecule has 0 amide bonds. The molecule has 0 aromatic heterocycles. The zero-order valence-corrected chi connectivity index (χ0v) is 10.6.